The van der Waals surface area contributed by atoms with E-state index in [1.54, 1.807) is 11.3 Å². The van der Waals surface area contributed by atoms with Crippen LogP contribution in [0.25, 0.3) is 0 Å². The molecular formula is C13H11BrN2S. The molecule has 2 nitrogen and oxygen atoms in total. The fourth-order valence-corrected chi connectivity index (χ4v) is 3.02. The Labute approximate surface area is 113 Å². The zero-order valence-electron chi connectivity index (χ0n) is 9.33. The topological polar surface area (TPSA) is 35.8 Å². The summed E-state index contributed by atoms with van der Waals surface area (Å²) in [5, 5.41) is 14.5. The molecule has 1 aromatic carbocycles. The predicted molar refractivity (Wildman–Crippen MR) is 75.2 cm³/mol. The van der Waals surface area contributed by atoms with Crippen molar-refractivity contribution in [2.45, 2.75) is 13.5 Å². The number of nitrogens with zero attached hydrogens (tertiary/aromatic N) is 1. The molecule has 0 atom stereocenters. The number of hydrogen-bond acceptors (Lipinski definition) is 3. The minimum absolute atomic E-state index is 0.722. The Morgan fingerprint density at radius 2 is 2.24 bits per heavy atom. The lowest BCUT2D eigenvalue weighted by atomic mass is 10.1. The Hall–Kier alpha value is -1.31. The van der Waals surface area contributed by atoms with Gasteiger partial charge in [-0.15, -0.1) is 11.3 Å². The normalized spacial score (nSPS) is 9.94. The molecule has 17 heavy (non-hydrogen) atoms. The summed E-state index contributed by atoms with van der Waals surface area (Å²) in [6.45, 7) is 2.68. The van der Waals surface area contributed by atoms with Crippen LogP contribution in [0.2, 0.25) is 0 Å². The summed E-state index contributed by atoms with van der Waals surface area (Å²) in [7, 11) is 0. The molecule has 86 valence electrons. The molecule has 2 rings (SSSR count). The predicted octanol–water partition coefficient (Wildman–Crippen LogP) is 4.30. The first-order valence-electron chi connectivity index (χ1n) is 5.18. The van der Waals surface area contributed by atoms with Crippen molar-refractivity contribution < 1.29 is 0 Å². The molecule has 0 amide bonds. The monoisotopic (exact) mass is 306 g/mol. The molecule has 1 aromatic heterocycles. The maximum Gasteiger partial charge on any atom is 0.102 e. The minimum Gasteiger partial charge on any atom is -0.379 e. The molecule has 0 aliphatic carbocycles. The van der Waals surface area contributed by atoms with Gasteiger partial charge >= 0.3 is 0 Å². The largest absolute Gasteiger partial charge is 0.379 e. The van der Waals surface area contributed by atoms with Crippen LogP contribution in [-0.4, -0.2) is 0 Å². The summed E-state index contributed by atoms with van der Waals surface area (Å²) in [5.74, 6) is 0. The highest BCUT2D eigenvalue weighted by molar-refractivity contribution is 9.10. The van der Waals surface area contributed by atoms with Crippen LogP contribution in [0.3, 0.4) is 0 Å². The molecule has 0 bridgehead atoms. The highest BCUT2D eigenvalue weighted by Crippen LogP contribution is 2.25. The second-order valence-electron chi connectivity index (χ2n) is 3.65. The van der Waals surface area contributed by atoms with E-state index in [1.165, 1.54) is 4.88 Å². The zero-order valence-corrected chi connectivity index (χ0v) is 11.7. The highest BCUT2D eigenvalue weighted by atomic mass is 79.9. The molecule has 4 heteroatoms. The minimum atomic E-state index is 0.722. The lowest BCUT2D eigenvalue weighted by Crippen LogP contribution is -2.01. The van der Waals surface area contributed by atoms with Gasteiger partial charge in [-0.2, -0.15) is 5.26 Å². The van der Waals surface area contributed by atoms with E-state index in [2.05, 4.69) is 27.3 Å². The summed E-state index contributed by atoms with van der Waals surface area (Å²) < 4.78 is 1.11. The van der Waals surface area contributed by atoms with Gasteiger partial charge in [0.1, 0.15) is 6.07 Å². The van der Waals surface area contributed by atoms with E-state index in [0.717, 1.165) is 27.8 Å². The Bertz CT molecular complexity index is 569. The number of nitrogens with one attached hydrogen (secondary N) is 1. The molecular weight excluding hydrogens is 296 g/mol. The van der Waals surface area contributed by atoms with Gasteiger partial charge in [0.05, 0.1) is 17.8 Å². The van der Waals surface area contributed by atoms with Gasteiger partial charge < -0.3 is 5.32 Å². The second kappa shape index (κ2) is 5.35. The first-order chi connectivity index (χ1) is 8.22. The number of thiophene rings is 1. The number of halogens is 1. The van der Waals surface area contributed by atoms with Crippen molar-refractivity contribution in [1.82, 2.24) is 0 Å². The third-order valence-corrected chi connectivity index (χ3v) is 4.44. The lowest BCUT2D eigenvalue weighted by Gasteiger charge is -2.09. The van der Waals surface area contributed by atoms with Gasteiger partial charge in [-0.3, -0.25) is 0 Å². The van der Waals surface area contributed by atoms with Crippen molar-refractivity contribution in [3.63, 3.8) is 0 Å². The van der Waals surface area contributed by atoms with Crippen LogP contribution in [0.5, 0.6) is 0 Å². The van der Waals surface area contributed by atoms with Gasteiger partial charge in [0, 0.05) is 9.35 Å². The first-order valence-corrected chi connectivity index (χ1v) is 6.85. The average molecular weight is 307 g/mol. The molecule has 0 radical (unpaired) electrons. The third kappa shape index (κ3) is 2.68. The SMILES string of the molecule is Cc1cccc(NCc2sccc2Br)c1C#N. The second-order valence-corrected chi connectivity index (χ2v) is 5.51. The summed E-state index contributed by atoms with van der Waals surface area (Å²) in [6, 6.07) is 10.1. The van der Waals surface area contributed by atoms with Crippen molar-refractivity contribution in [2.75, 3.05) is 5.32 Å². The fraction of sp³-hybridized carbons (Fsp3) is 0.154. The van der Waals surface area contributed by atoms with Gasteiger partial charge in [-0.25, -0.2) is 0 Å². The van der Waals surface area contributed by atoms with Crippen LogP contribution in [0.1, 0.15) is 16.0 Å². The molecule has 0 fully saturated rings. The van der Waals surface area contributed by atoms with E-state index in [-0.39, 0.29) is 0 Å². The van der Waals surface area contributed by atoms with Crippen molar-refractivity contribution in [2.24, 2.45) is 0 Å². The van der Waals surface area contributed by atoms with E-state index < -0.39 is 0 Å². The smallest absolute Gasteiger partial charge is 0.102 e. The van der Waals surface area contributed by atoms with E-state index in [1.807, 2.05) is 36.6 Å². The number of hydrogen-bond donors (Lipinski definition) is 1. The lowest BCUT2D eigenvalue weighted by molar-refractivity contribution is 1.17. The van der Waals surface area contributed by atoms with Crippen molar-refractivity contribution in [1.29, 1.82) is 5.26 Å². The number of nitriles is 1. The van der Waals surface area contributed by atoms with Gasteiger partial charge in [-0.05, 0) is 45.9 Å². The molecule has 0 aliphatic heterocycles. The van der Waals surface area contributed by atoms with Crippen LogP contribution in [0, 0.1) is 18.3 Å². The van der Waals surface area contributed by atoms with E-state index in [0.29, 0.717) is 0 Å². The van der Waals surface area contributed by atoms with E-state index in [9.17, 15) is 0 Å². The van der Waals surface area contributed by atoms with E-state index in [4.69, 9.17) is 5.26 Å². The summed E-state index contributed by atoms with van der Waals surface area (Å²) in [6.07, 6.45) is 0. The third-order valence-electron chi connectivity index (χ3n) is 2.52. The maximum absolute atomic E-state index is 9.11. The van der Waals surface area contributed by atoms with Crippen LogP contribution < -0.4 is 5.32 Å². The summed E-state index contributed by atoms with van der Waals surface area (Å²) in [5.41, 5.74) is 2.62. The van der Waals surface area contributed by atoms with Crippen LogP contribution >= 0.6 is 27.3 Å². The Kier molecular flexibility index (Phi) is 3.82. The summed E-state index contributed by atoms with van der Waals surface area (Å²) >= 11 is 5.19. The Morgan fingerprint density at radius 1 is 1.41 bits per heavy atom. The van der Waals surface area contributed by atoms with Gasteiger partial charge in [0.15, 0.2) is 0 Å². The average Bonchev–Trinajstić information content (AvgIpc) is 2.72. The maximum atomic E-state index is 9.11. The first kappa shape index (κ1) is 12.2. The molecule has 0 spiro atoms. The van der Waals surface area contributed by atoms with E-state index >= 15 is 0 Å². The molecule has 0 aliphatic rings. The van der Waals surface area contributed by atoms with Crippen molar-refractivity contribution in [3.05, 3.63) is 50.1 Å². The zero-order chi connectivity index (χ0) is 12.3. The Balaban J connectivity index is 2.18. The summed E-state index contributed by atoms with van der Waals surface area (Å²) in [4.78, 5) is 1.23. The van der Waals surface area contributed by atoms with Gasteiger partial charge in [0.25, 0.3) is 0 Å². The molecule has 2 aromatic rings. The molecule has 1 heterocycles. The number of anilines is 1. The van der Waals surface area contributed by atoms with Gasteiger partial charge in [-0.1, -0.05) is 12.1 Å². The number of benzene rings is 1. The molecule has 1 N–H and O–H groups in total. The number of rotatable bonds is 3. The number of aryl methyl sites for hydroxylation is 1. The Morgan fingerprint density at radius 3 is 2.88 bits per heavy atom. The molecule has 0 saturated carbocycles. The highest BCUT2D eigenvalue weighted by Gasteiger charge is 2.06. The molecule has 0 unspecified atom stereocenters. The van der Waals surface area contributed by atoms with Crippen molar-refractivity contribution in [3.8, 4) is 6.07 Å². The molecule has 0 saturated heterocycles. The van der Waals surface area contributed by atoms with Crippen LogP contribution in [-0.2, 0) is 6.54 Å². The van der Waals surface area contributed by atoms with Crippen molar-refractivity contribution >= 4 is 33.0 Å². The standard InChI is InChI=1S/C13H11BrN2S/c1-9-3-2-4-12(10(9)7-15)16-8-13-11(14)5-6-17-13/h2-6,16H,8H2,1H3. The van der Waals surface area contributed by atoms with Gasteiger partial charge in [0.2, 0.25) is 0 Å². The van der Waals surface area contributed by atoms with Crippen LogP contribution in [0.15, 0.2) is 34.1 Å². The quantitative estimate of drug-likeness (QED) is 0.917. The van der Waals surface area contributed by atoms with Crippen LogP contribution in [0.4, 0.5) is 5.69 Å². The fourth-order valence-electron chi connectivity index (χ4n) is 1.59.